The topological polar surface area (TPSA) is 66.6 Å². The maximum atomic E-state index is 12.1. The molecule has 30 heavy (non-hydrogen) atoms. The van der Waals surface area contributed by atoms with Crippen LogP contribution >= 0.6 is 23.2 Å². The summed E-state index contributed by atoms with van der Waals surface area (Å²) in [6.07, 6.45) is 1.43. The van der Waals surface area contributed by atoms with Gasteiger partial charge in [0.1, 0.15) is 11.5 Å². The van der Waals surface area contributed by atoms with Crippen molar-refractivity contribution in [3.63, 3.8) is 0 Å². The molecule has 7 heteroatoms. The molecule has 0 fully saturated rings. The predicted octanol–water partition coefficient (Wildman–Crippen LogP) is 5.97. The number of fused-ring (bicyclic) bond motifs is 1. The Kier molecular flexibility index (Phi) is 6.02. The number of nitrogens with one attached hydrogen (secondary N) is 2. The minimum absolute atomic E-state index is 0.0924. The van der Waals surface area contributed by atoms with Gasteiger partial charge in [-0.15, -0.1) is 0 Å². The molecule has 0 saturated carbocycles. The van der Waals surface area contributed by atoms with Crippen molar-refractivity contribution in [1.82, 2.24) is 5.43 Å². The van der Waals surface area contributed by atoms with Crippen LogP contribution < -0.4 is 10.7 Å². The highest BCUT2D eigenvalue weighted by molar-refractivity contribution is 6.36. The number of benzene rings is 3. The van der Waals surface area contributed by atoms with Gasteiger partial charge >= 0.3 is 0 Å². The number of nitrogens with zero attached hydrogens (tertiary/aromatic N) is 1. The van der Waals surface area contributed by atoms with Crippen molar-refractivity contribution in [2.24, 2.45) is 5.10 Å². The molecule has 4 rings (SSSR count). The van der Waals surface area contributed by atoms with Crippen LogP contribution in [0, 0.1) is 0 Å². The second-order valence-corrected chi connectivity index (χ2v) is 7.34. The second-order valence-electron chi connectivity index (χ2n) is 6.50. The van der Waals surface area contributed by atoms with E-state index in [1.165, 1.54) is 6.21 Å². The maximum absolute atomic E-state index is 12.1. The molecule has 1 aromatic heterocycles. The molecule has 0 radical (unpaired) electrons. The molecule has 0 saturated heterocycles. The lowest BCUT2D eigenvalue weighted by molar-refractivity contribution is -0.119. The Bertz CT molecular complexity index is 1230. The van der Waals surface area contributed by atoms with E-state index in [0.717, 1.165) is 22.0 Å². The third kappa shape index (κ3) is 4.64. The number of carbonyl (C=O) groups excluding carboxylic acids is 1. The van der Waals surface area contributed by atoms with Crippen LogP contribution in [0.15, 0.2) is 82.3 Å². The van der Waals surface area contributed by atoms with Crippen molar-refractivity contribution < 1.29 is 9.21 Å². The first kappa shape index (κ1) is 20.0. The number of amides is 1. The number of anilines is 1. The van der Waals surface area contributed by atoms with Crippen molar-refractivity contribution in [3.05, 3.63) is 88.6 Å². The molecular formula is C23H17Cl2N3O2. The maximum Gasteiger partial charge on any atom is 0.259 e. The third-order valence-corrected chi connectivity index (χ3v) is 4.98. The molecule has 0 aliphatic carbocycles. The molecule has 0 spiro atoms. The molecule has 2 N–H and O–H groups in total. The first-order valence-corrected chi connectivity index (χ1v) is 9.94. The molecule has 0 unspecified atom stereocenters. The van der Waals surface area contributed by atoms with E-state index in [-0.39, 0.29) is 12.5 Å². The molecule has 1 amide bonds. The number of hydrazone groups is 1. The van der Waals surface area contributed by atoms with Gasteiger partial charge in [-0.1, -0.05) is 59.6 Å². The van der Waals surface area contributed by atoms with E-state index in [1.807, 2.05) is 42.5 Å². The SMILES string of the molecule is O=C(CNc1cccc2ccccc12)NN=Cc1ccc(-c2ccc(Cl)cc2Cl)o1. The fraction of sp³-hybridized carbons (Fsp3) is 0.0435. The highest BCUT2D eigenvalue weighted by atomic mass is 35.5. The Morgan fingerprint density at radius 1 is 1.00 bits per heavy atom. The Hall–Kier alpha value is -3.28. The van der Waals surface area contributed by atoms with E-state index < -0.39 is 0 Å². The first-order chi connectivity index (χ1) is 14.6. The highest BCUT2D eigenvalue weighted by Crippen LogP contribution is 2.31. The van der Waals surface area contributed by atoms with Crippen LogP contribution in [0.3, 0.4) is 0 Å². The molecule has 3 aromatic carbocycles. The van der Waals surface area contributed by atoms with Gasteiger partial charge in [-0.05, 0) is 41.8 Å². The Morgan fingerprint density at radius 3 is 2.70 bits per heavy atom. The number of rotatable bonds is 6. The predicted molar refractivity (Wildman–Crippen MR) is 122 cm³/mol. The lowest BCUT2D eigenvalue weighted by Crippen LogP contribution is -2.25. The number of hydrogen-bond acceptors (Lipinski definition) is 4. The summed E-state index contributed by atoms with van der Waals surface area (Å²) in [6, 6.07) is 22.6. The molecule has 0 atom stereocenters. The molecule has 4 aromatic rings. The van der Waals surface area contributed by atoms with E-state index >= 15 is 0 Å². The summed E-state index contributed by atoms with van der Waals surface area (Å²) < 4.78 is 5.71. The smallest absolute Gasteiger partial charge is 0.259 e. The van der Waals surface area contributed by atoms with Gasteiger partial charge in [-0.2, -0.15) is 5.10 Å². The average molecular weight is 438 g/mol. The van der Waals surface area contributed by atoms with Gasteiger partial charge in [0, 0.05) is 21.7 Å². The van der Waals surface area contributed by atoms with E-state index in [2.05, 4.69) is 15.8 Å². The Labute approximate surface area is 183 Å². The summed E-state index contributed by atoms with van der Waals surface area (Å²) in [5.41, 5.74) is 4.10. The van der Waals surface area contributed by atoms with Crippen molar-refractivity contribution in [1.29, 1.82) is 0 Å². The van der Waals surface area contributed by atoms with Crippen LogP contribution in [0.2, 0.25) is 10.0 Å². The highest BCUT2D eigenvalue weighted by Gasteiger charge is 2.09. The number of halogens is 2. The van der Waals surface area contributed by atoms with Gasteiger partial charge in [0.15, 0.2) is 0 Å². The summed E-state index contributed by atoms with van der Waals surface area (Å²) in [4.78, 5) is 12.1. The van der Waals surface area contributed by atoms with Gasteiger partial charge in [0.05, 0.1) is 17.8 Å². The van der Waals surface area contributed by atoms with Crippen molar-refractivity contribution in [2.45, 2.75) is 0 Å². The standard InChI is InChI=1S/C23H17Cl2N3O2/c24-16-8-10-19(20(25)12-16)22-11-9-17(30-22)13-27-28-23(29)14-26-21-7-3-5-15-4-1-2-6-18(15)21/h1-13,26H,14H2,(H,28,29). The zero-order valence-electron chi connectivity index (χ0n) is 15.7. The Morgan fingerprint density at radius 2 is 1.83 bits per heavy atom. The van der Waals surface area contributed by atoms with Crippen LogP contribution in [-0.2, 0) is 4.79 Å². The molecule has 5 nitrogen and oxygen atoms in total. The molecular weight excluding hydrogens is 421 g/mol. The molecule has 0 aliphatic rings. The summed E-state index contributed by atoms with van der Waals surface area (Å²) in [6.45, 7) is 0.0924. The number of carbonyl (C=O) groups is 1. The van der Waals surface area contributed by atoms with E-state index in [4.69, 9.17) is 27.6 Å². The third-order valence-electron chi connectivity index (χ3n) is 4.43. The number of furan rings is 1. The van der Waals surface area contributed by atoms with Gasteiger partial charge in [0.2, 0.25) is 0 Å². The quantitative estimate of drug-likeness (QED) is 0.288. The molecule has 0 aliphatic heterocycles. The number of hydrogen-bond donors (Lipinski definition) is 2. The Balaban J connectivity index is 1.34. The van der Waals surface area contributed by atoms with Crippen LogP contribution in [0.4, 0.5) is 5.69 Å². The fourth-order valence-corrected chi connectivity index (χ4v) is 3.52. The van der Waals surface area contributed by atoms with Gasteiger partial charge in [0.25, 0.3) is 5.91 Å². The van der Waals surface area contributed by atoms with Crippen molar-refractivity contribution >= 4 is 51.8 Å². The van der Waals surface area contributed by atoms with Gasteiger partial charge < -0.3 is 9.73 Å². The minimum atomic E-state index is -0.272. The van der Waals surface area contributed by atoms with Crippen LogP contribution in [0.5, 0.6) is 0 Å². The zero-order valence-corrected chi connectivity index (χ0v) is 17.2. The minimum Gasteiger partial charge on any atom is -0.455 e. The summed E-state index contributed by atoms with van der Waals surface area (Å²) in [5, 5.41) is 10.3. The van der Waals surface area contributed by atoms with Crippen molar-refractivity contribution in [3.8, 4) is 11.3 Å². The molecule has 0 bridgehead atoms. The van der Waals surface area contributed by atoms with E-state index in [1.54, 1.807) is 30.3 Å². The van der Waals surface area contributed by atoms with Crippen LogP contribution in [0.25, 0.3) is 22.1 Å². The summed E-state index contributed by atoms with van der Waals surface area (Å²) in [5.74, 6) is 0.798. The average Bonchev–Trinajstić information content (AvgIpc) is 3.20. The van der Waals surface area contributed by atoms with Crippen LogP contribution in [0.1, 0.15) is 5.76 Å². The van der Waals surface area contributed by atoms with Gasteiger partial charge in [-0.25, -0.2) is 5.43 Å². The monoisotopic (exact) mass is 437 g/mol. The van der Waals surface area contributed by atoms with E-state index in [9.17, 15) is 4.79 Å². The largest absolute Gasteiger partial charge is 0.455 e. The van der Waals surface area contributed by atoms with Crippen molar-refractivity contribution in [2.75, 3.05) is 11.9 Å². The molecule has 1 heterocycles. The zero-order chi connectivity index (χ0) is 20.9. The second kappa shape index (κ2) is 9.03. The first-order valence-electron chi connectivity index (χ1n) is 9.19. The van der Waals surface area contributed by atoms with E-state index in [0.29, 0.717) is 21.6 Å². The lowest BCUT2D eigenvalue weighted by atomic mass is 10.1. The lowest BCUT2D eigenvalue weighted by Gasteiger charge is -2.08. The summed E-state index contributed by atoms with van der Waals surface area (Å²) >= 11 is 12.1. The summed E-state index contributed by atoms with van der Waals surface area (Å²) in [7, 11) is 0. The fourth-order valence-electron chi connectivity index (χ4n) is 3.02. The van der Waals surface area contributed by atoms with Crippen LogP contribution in [-0.4, -0.2) is 18.7 Å². The van der Waals surface area contributed by atoms with Gasteiger partial charge in [-0.3, -0.25) is 4.79 Å². The normalized spacial score (nSPS) is 11.1. The molecule has 150 valence electrons.